The minimum Gasteiger partial charge on any atom is -0.277 e. The van der Waals surface area contributed by atoms with Crippen molar-refractivity contribution in [3.63, 3.8) is 0 Å². The Labute approximate surface area is 147 Å². The summed E-state index contributed by atoms with van der Waals surface area (Å²) in [6.07, 6.45) is 1.90. The molecule has 0 atom stereocenters. The van der Waals surface area contributed by atoms with Crippen molar-refractivity contribution in [3.05, 3.63) is 65.2 Å². The Morgan fingerprint density at radius 2 is 1.59 bits per heavy atom. The van der Waals surface area contributed by atoms with Crippen LogP contribution in [0, 0.1) is 29.1 Å². The van der Waals surface area contributed by atoms with E-state index >= 15 is 0 Å². The maximum Gasteiger partial charge on any atom is 0.205 e. The van der Waals surface area contributed by atoms with Gasteiger partial charge in [-0.2, -0.15) is 5.10 Å². The zero-order valence-electron chi connectivity index (χ0n) is 13.1. The molecule has 27 heavy (non-hydrogen) atoms. The summed E-state index contributed by atoms with van der Waals surface area (Å²) < 4.78 is 68.4. The van der Waals surface area contributed by atoms with Gasteiger partial charge in [0.25, 0.3) is 0 Å². The summed E-state index contributed by atoms with van der Waals surface area (Å²) in [5.74, 6) is -10.3. The molecule has 0 radical (unpaired) electrons. The van der Waals surface area contributed by atoms with Gasteiger partial charge in [0.2, 0.25) is 11.5 Å². The molecule has 0 fully saturated rings. The third-order valence-corrected chi connectivity index (χ3v) is 3.74. The topological polar surface area (TPSA) is 67.5 Å². The Hall–Kier alpha value is -3.63. The van der Waals surface area contributed by atoms with Crippen LogP contribution in [0.25, 0.3) is 16.7 Å². The van der Waals surface area contributed by atoms with Gasteiger partial charge in [0.1, 0.15) is 6.33 Å². The number of hydrogen-bond acceptors (Lipinski definition) is 5. The van der Waals surface area contributed by atoms with Gasteiger partial charge in [-0.25, -0.2) is 26.9 Å². The second kappa shape index (κ2) is 6.27. The summed E-state index contributed by atoms with van der Waals surface area (Å²) in [6.45, 7) is 0. The molecule has 0 amide bonds. The quantitative estimate of drug-likeness (QED) is 0.195. The molecule has 0 aliphatic carbocycles. The summed E-state index contributed by atoms with van der Waals surface area (Å²) in [6, 6.07) is 7.01. The van der Waals surface area contributed by atoms with Crippen LogP contribution >= 0.6 is 0 Å². The molecule has 136 valence electrons. The van der Waals surface area contributed by atoms with E-state index < -0.39 is 34.6 Å². The number of para-hydroxylation sites is 2. The second-order valence-electron chi connectivity index (χ2n) is 5.33. The lowest BCUT2D eigenvalue weighted by molar-refractivity contribution is 0.377. The smallest absolute Gasteiger partial charge is 0.205 e. The number of halogens is 5. The van der Waals surface area contributed by atoms with Crippen LogP contribution in [-0.2, 0) is 0 Å². The van der Waals surface area contributed by atoms with Crippen LogP contribution in [0.15, 0.2) is 35.7 Å². The normalized spacial score (nSPS) is 11.7. The largest absolute Gasteiger partial charge is 0.277 e. The van der Waals surface area contributed by atoms with E-state index in [1.807, 2.05) is 0 Å². The molecule has 4 aromatic rings. The number of aromatic nitrogens is 4. The number of hydrazone groups is 1. The predicted molar refractivity (Wildman–Crippen MR) is 85.7 cm³/mol. The highest BCUT2D eigenvalue weighted by Crippen LogP contribution is 2.22. The molecular weight excluding hydrogens is 371 g/mol. The molecule has 2 aromatic heterocycles. The first-order valence-corrected chi connectivity index (χ1v) is 7.38. The molecule has 0 bridgehead atoms. The monoisotopic (exact) mass is 378 g/mol. The van der Waals surface area contributed by atoms with Gasteiger partial charge in [-0.3, -0.25) is 9.83 Å². The van der Waals surface area contributed by atoms with Crippen molar-refractivity contribution in [2.45, 2.75) is 0 Å². The average Bonchev–Trinajstić information content (AvgIpc) is 3.18. The average molecular weight is 378 g/mol. The standard InChI is InChI=1S/C16H7F5N6/c17-10-7(11(18)13(20)14(21)12(10)19)5-22-25-15-16-26-23-6-27(16)9-4-2-1-3-8(9)24-15/h1-6H,(H,24,25). The van der Waals surface area contributed by atoms with E-state index in [1.165, 1.54) is 6.33 Å². The molecule has 11 heteroatoms. The molecular formula is C16H7F5N6. The first kappa shape index (κ1) is 16.8. The van der Waals surface area contributed by atoms with Gasteiger partial charge in [-0.1, -0.05) is 12.1 Å². The van der Waals surface area contributed by atoms with Crippen LogP contribution in [-0.4, -0.2) is 25.8 Å². The van der Waals surface area contributed by atoms with E-state index in [4.69, 9.17) is 0 Å². The number of fused-ring (bicyclic) bond motifs is 3. The molecule has 2 heterocycles. The van der Waals surface area contributed by atoms with Crippen LogP contribution < -0.4 is 5.43 Å². The van der Waals surface area contributed by atoms with Crippen molar-refractivity contribution in [1.29, 1.82) is 0 Å². The van der Waals surface area contributed by atoms with Crippen molar-refractivity contribution < 1.29 is 22.0 Å². The maximum atomic E-state index is 13.7. The number of benzene rings is 2. The minimum atomic E-state index is -2.24. The van der Waals surface area contributed by atoms with E-state index in [0.717, 1.165) is 0 Å². The van der Waals surface area contributed by atoms with E-state index in [2.05, 4.69) is 25.7 Å². The molecule has 0 saturated heterocycles. The van der Waals surface area contributed by atoms with Gasteiger partial charge < -0.3 is 0 Å². The molecule has 1 N–H and O–H groups in total. The van der Waals surface area contributed by atoms with Gasteiger partial charge in [-0.05, 0) is 12.1 Å². The Morgan fingerprint density at radius 1 is 0.926 bits per heavy atom. The zero-order valence-corrected chi connectivity index (χ0v) is 13.1. The van der Waals surface area contributed by atoms with E-state index in [0.29, 0.717) is 17.2 Å². The fourth-order valence-corrected chi connectivity index (χ4v) is 2.47. The van der Waals surface area contributed by atoms with Gasteiger partial charge in [0.15, 0.2) is 29.1 Å². The lowest BCUT2D eigenvalue weighted by Crippen LogP contribution is -2.07. The molecule has 0 aliphatic heterocycles. The Balaban J connectivity index is 1.75. The number of nitrogens with zero attached hydrogens (tertiary/aromatic N) is 5. The van der Waals surface area contributed by atoms with Crippen LogP contribution in [0.2, 0.25) is 0 Å². The highest BCUT2D eigenvalue weighted by Gasteiger charge is 2.24. The minimum absolute atomic E-state index is 0.0753. The second-order valence-corrected chi connectivity index (χ2v) is 5.33. The number of rotatable bonds is 3. The lowest BCUT2D eigenvalue weighted by Gasteiger charge is -2.06. The zero-order chi connectivity index (χ0) is 19.1. The molecule has 0 saturated carbocycles. The molecule has 0 unspecified atom stereocenters. The van der Waals surface area contributed by atoms with Crippen LogP contribution in [0.3, 0.4) is 0 Å². The molecule has 2 aromatic carbocycles. The van der Waals surface area contributed by atoms with Crippen molar-refractivity contribution >= 4 is 28.7 Å². The Bertz CT molecular complexity index is 1190. The van der Waals surface area contributed by atoms with Crippen molar-refractivity contribution in [2.24, 2.45) is 5.10 Å². The highest BCUT2D eigenvalue weighted by atomic mass is 19.2. The number of hydrogen-bond donors (Lipinski definition) is 1. The number of nitrogens with one attached hydrogen (secondary N) is 1. The van der Waals surface area contributed by atoms with Gasteiger partial charge in [0, 0.05) is 0 Å². The first-order chi connectivity index (χ1) is 13.0. The molecule has 6 nitrogen and oxygen atoms in total. The van der Waals surface area contributed by atoms with Crippen molar-refractivity contribution in [1.82, 2.24) is 19.6 Å². The summed E-state index contributed by atoms with van der Waals surface area (Å²) in [7, 11) is 0. The van der Waals surface area contributed by atoms with Crippen molar-refractivity contribution in [3.8, 4) is 0 Å². The predicted octanol–water partition coefficient (Wildman–Crippen LogP) is 3.42. The summed E-state index contributed by atoms with van der Waals surface area (Å²) >= 11 is 0. The van der Waals surface area contributed by atoms with Gasteiger partial charge in [0.05, 0.1) is 22.8 Å². The third kappa shape index (κ3) is 2.63. The van der Waals surface area contributed by atoms with E-state index in [1.54, 1.807) is 28.7 Å². The van der Waals surface area contributed by atoms with Crippen LogP contribution in [0.5, 0.6) is 0 Å². The van der Waals surface area contributed by atoms with Gasteiger partial charge >= 0.3 is 0 Å². The fraction of sp³-hybridized carbons (Fsp3) is 0. The molecule has 0 aliphatic rings. The highest BCUT2D eigenvalue weighted by molar-refractivity contribution is 5.84. The first-order valence-electron chi connectivity index (χ1n) is 7.38. The number of anilines is 1. The van der Waals surface area contributed by atoms with Crippen LogP contribution in [0.1, 0.15) is 5.56 Å². The Morgan fingerprint density at radius 3 is 2.33 bits per heavy atom. The van der Waals surface area contributed by atoms with Crippen LogP contribution in [0.4, 0.5) is 27.8 Å². The van der Waals surface area contributed by atoms with E-state index in [9.17, 15) is 22.0 Å². The third-order valence-electron chi connectivity index (χ3n) is 3.74. The molecule has 0 spiro atoms. The summed E-state index contributed by atoms with van der Waals surface area (Å²) in [5, 5.41) is 11.2. The fourth-order valence-electron chi connectivity index (χ4n) is 2.47. The summed E-state index contributed by atoms with van der Waals surface area (Å²) in [4.78, 5) is 4.26. The van der Waals surface area contributed by atoms with Crippen molar-refractivity contribution in [2.75, 3.05) is 5.43 Å². The summed E-state index contributed by atoms with van der Waals surface area (Å²) in [5.41, 5.74) is 2.70. The molecule has 4 rings (SSSR count). The van der Waals surface area contributed by atoms with E-state index in [-0.39, 0.29) is 11.5 Å². The Kier molecular flexibility index (Phi) is 3.90. The SMILES string of the molecule is Fc1c(F)c(F)c(C=NNc2nc3ccccc3n3cnnc23)c(F)c1F. The maximum absolute atomic E-state index is 13.7. The van der Waals surface area contributed by atoms with Gasteiger partial charge in [-0.15, -0.1) is 10.2 Å². The lowest BCUT2D eigenvalue weighted by atomic mass is 10.2.